The van der Waals surface area contributed by atoms with Crippen molar-refractivity contribution in [3.63, 3.8) is 0 Å². The highest BCUT2D eigenvalue weighted by atomic mass is 16.4. The minimum absolute atomic E-state index is 0.0377. The summed E-state index contributed by atoms with van der Waals surface area (Å²) in [5, 5.41) is 8.89. The number of carboxylic acid groups (broad SMARTS) is 1. The molecule has 0 spiro atoms. The van der Waals surface area contributed by atoms with Gasteiger partial charge in [0.05, 0.1) is 17.6 Å². The molecule has 22 heavy (non-hydrogen) atoms. The first-order valence-electron chi connectivity index (χ1n) is 6.56. The van der Waals surface area contributed by atoms with Crippen LogP contribution in [0.15, 0.2) is 48.9 Å². The number of benzene rings is 1. The lowest BCUT2D eigenvalue weighted by Gasteiger charge is -1.95. The molecule has 0 saturated carbocycles. The van der Waals surface area contributed by atoms with E-state index in [0.717, 1.165) is 17.1 Å². The first-order valence-corrected chi connectivity index (χ1v) is 6.56. The van der Waals surface area contributed by atoms with Crippen LogP contribution in [-0.2, 0) is 0 Å². The lowest BCUT2D eigenvalue weighted by atomic mass is 10.2. The number of carboxylic acids is 1. The van der Waals surface area contributed by atoms with Gasteiger partial charge in [0, 0.05) is 5.56 Å². The quantitative estimate of drug-likeness (QED) is 0.771. The fraction of sp³-hybridized carbons (Fsp3) is 0. The van der Waals surface area contributed by atoms with E-state index in [2.05, 4.69) is 19.9 Å². The van der Waals surface area contributed by atoms with E-state index >= 15 is 0 Å². The van der Waals surface area contributed by atoms with Crippen LogP contribution in [0.3, 0.4) is 0 Å². The van der Waals surface area contributed by atoms with Gasteiger partial charge in [0.1, 0.15) is 12.2 Å². The zero-order chi connectivity index (χ0) is 15.4. The van der Waals surface area contributed by atoms with Crippen molar-refractivity contribution in [1.29, 1.82) is 0 Å². The van der Waals surface area contributed by atoms with Gasteiger partial charge >= 0.3 is 5.97 Å². The molecule has 0 fully saturated rings. The Morgan fingerprint density at radius 3 is 2.68 bits per heavy atom. The summed E-state index contributed by atoms with van der Waals surface area (Å²) in [5.41, 5.74) is 2.28. The minimum atomic E-state index is -1.08. The van der Waals surface area contributed by atoms with Crippen molar-refractivity contribution in [2.45, 2.75) is 0 Å². The lowest BCUT2D eigenvalue weighted by molar-refractivity contribution is 0.0690. The number of aromatic carboxylic acids is 1. The van der Waals surface area contributed by atoms with Crippen molar-refractivity contribution in [3.05, 3.63) is 66.0 Å². The van der Waals surface area contributed by atoms with Crippen molar-refractivity contribution in [1.82, 2.24) is 19.9 Å². The number of H-pyrrole nitrogens is 1. The average molecular weight is 292 g/mol. The van der Waals surface area contributed by atoms with Crippen molar-refractivity contribution in [2.24, 2.45) is 0 Å². The second kappa shape index (κ2) is 6.01. The first-order chi connectivity index (χ1) is 10.7. The number of aromatic nitrogens is 4. The van der Waals surface area contributed by atoms with Crippen LogP contribution in [0.25, 0.3) is 23.5 Å². The zero-order valence-electron chi connectivity index (χ0n) is 11.5. The maximum Gasteiger partial charge on any atom is 0.354 e. The molecular weight excluding hydrogens is 280 g/mol. The van der Waals surface area contributed by atoms with Gasteiger partial charge in [0.15, 0.2) is 5.69 Å². The molecule has 3 rings (SSSR count). The molecule has 2 N–H and O–H groups in total. The van der Waals surface area contributed by atoms with Gasteiger partial charge in [0.2, 0.25) is 0 Å². The number of nitrogens with zero attached hydrogens (tertiary/aromatic N) is 3. The Kier molecular flexibility index (Phi) is 3.74. The van der Waals surface area contributed by atoms with Crippen LogP contribution in [0.2, 0.25) is 0 Å². The SMILES string of the molecule is O=C(O)c1cc(/C=C/c2cnc(-c3ccccc3)[nH]2)ncn1. The molecule has 108 valence electrons. The van der Waals surface area contributed by atoms with Crippen LogP contribution in [0, 0.1) is 0 Å². The van der Waals surface area contributed by atoms with Crippen LogP contribution in [0.5, 0.6) is 0 Å². The summed E-state index contributed by atoms with van der Waals surface area (Å²) in [6, 6.07) is 11.2. The molecule has 1 aromatic carbocycles. The minimum Gasteiger partial charge on any atom is -0.477 e. The van der Waals surface area contributed by atoms with E-state index in [-0.39, 0.29) is 5.69 Å². The van der Waals surface area contributed by atoms with Crippen LogP contribution < -0.4 is 0 Å². The highest BCUT2D eigenvalue weighted by molar-refractivity contribution is 5.86. The Hall–Kier alpha value is -3.28. The summed E-state index contributed by atoms with van der Waals surface area (Å²) in [7, 11) is 0. The predicted octanol–water partition coefficient (Wildman–Crippen LogP) is 2.74. The van der Waals surface area contributed by atoms with Gasteiger partial charge in [-0.15, -0.1) is 0 Å². The van der Waals surface area contributed by atoms with E-state index in [0.29, 0.717) is 5.69 Å². The monoisotopic (exact) mass is 292 g/mol. The van der Waals surface area contributed by atoms with Gasteiger partial charge in [-0.05, 0) is 18.2 Å². The van der Waals surface area contributed by atoms with Crippen molar-refractivity contribution in [3.8, 4) is 11.4 Å². The normalized spacial score (nSPS) is 10.9. The summed E-state index contributed by atoms with van der Waals surface area (Å²) in [6.45, 7) is 0. The lowest BCUT2D eigenvalue weighted by Crippen LogP contribution is -2.00. The van der Waals surface area contributed by atoms with E-state index in [1.807, 2.05) is 30.3 Å². The Bertz CT molecular complexity index is 825. The van der Waals surface area contributed by atoms with Crippen molar-refractivity contribution in [2.75, 3.05) is 0 Å². The number of imidazole rings is 1. The molecule has 2 aromatic heterocycles. The Morgan fingerprint density at radius 1 is 1.09 bits per heavy atom. The maximum absolute atomic E-state index is 10.9. The van der Waals surface area contributed by atoms with Crippen molar-refractivity contribution >= 4 is 18.1 Å². The van der Waals surface area contributed by atoms with E-state index in [1.54, 1.807) is 18.3 Å². The molecule has 6 heteroatoms. The van der Waals surface area contributed by atoms with Gasteiger partial charge in [-0.1, -0.05) is 30.3 Å². The first kappa shape index (κ1) is 13.7. The number of hydrogen-bond donors (Lipinski definition) is 2. The molecule has 0 aliphatic rings. The molecule has 3 aromatic rings. The molecule has 0 saturated heterocycles. The Morgan fingerprint density at radius 2 is 1.91 bits per heavy atom. The summed E-state index contributed by atoms with van der Waals surface area (Å²) in [4.78, 5) is 26.0. The second-order valence-corrected chi connectivity index (χ2v) is 4.52. The van der Waals surface area contributed by atoms with Crippen LogP contribution in [0.1, 0.15) is 21.9 Å². The number of aromatic amines is 1. The van der Waals surface area contributed by atoms with Crippen LogP contribution in [-0.4, -0.2) is 31.0 Å². The molecule has 6 nitrogen and oxygen atoms in total. The van der Waals surface area contributed by atoms with Gasteiger partial charge in [-0.2, -0.15) is 0 Å². The van der Waals surface area contributed by atoms with Gasteiger partial charge < -0.3 is 10.1 Å². The number of carbonyl (C=O) groups is 1. The zero-order valence-corrected chi connectivity index (χ0v) is 11.5. The standard InChI is InChI=1S/C16H12N4O2/c21-16(22)14-8-12(18-10-19-14)6-7-13-9-17-15(20-13)11-4-2-1-3-5-11/h1-10H,(H,17,20)(H,21,22)/b7-6+. The predicted molar refractivity (Wildman–Crippen MR) is 81.9 cm³/mol. The summed E-state index contributed by atoms with van der Waals surface area (Å²) >= 11 is 0. The van der Waals surface area contributed by atoms with E-state index in [9.17, 15) is 4.79 Å². The van der Waals surface area contributed by atoms with Crippen LogP contribution in [0.4, 0.5) is 0 Å². The van der Waals surface area contributed by atoms with Crippen molar-refractivity contribution < 1.29 is 9.90 Å². The molecule has 0 atom stereocenters. The van der Waals surface area contributed by atoms with Gasteiger partial charge in [-0.3, -0.25) is 0 Å². The Labute approximate surface area is 126 Å². The number of rotatable bonds is 4. The number of hydrogen-bond acceptors (Lipinski definition) is 4. The molecule has 0 aliphatic carbocycles. The highest BCUT2D eigenvalue weighted by Crippen LogP contribution is 2.15. The number of nitrogens with one attached hydrogen (secondary N) is 1. The third kappa shape index (κ3) is 3.06. The molecule has 0 amide bonds. The average Bonchev–Trinajstić information content (AvgIpc) is 3.03. The second-order valence-electron chi connectivity index (χ2n) is 4.52. The maximum atomic E-state index is 10.9. The smallest absolute Gasteiger partial charge is 0.354 e. The Balaban J connectivity index is 1.80. The molecule has 0 bridgehead atoms. The van der Waals surface area contributed by atoms with E-state index < -0.39 is 5.97 Å². The van der Waals surface area contributed by atoms with E-state index in [4.69, 9.17) is 5.11 Å². The molecule has 0 unspecified atom stereocenters. The third-order valence-corrected chi connectivity index (χ3v) is 2.98. The summed E-state index contributed by atoms with van der Waals surface area (Å²) in [5.74, 6) is -0.306. The largest absolute Gasteiger partial charge is 0.477 e. The fourth-order valence-corrected chi connectivity index (χ4v) is 1.92. The highest BCUT2D eigenvalue weighted by Gasteiger charge is 2.04. The fourth-order valence-electron chi connectivity index (χ4n) is 1.92. The molecular formula is C16H12N4O2. The van der Waals surface area contributed by atoms with E-state index in [1.165, 1.54) is 12.4 Å². The third-order valence-electron chi connectivity index (χ3n) is 2.98. The topological polar surface area (TPSA) is 91.8 Å². The van der Waals surface area contributed by atoms with Gasteiger partial charge in [-0.25, -0.2) is 19.7 Å². The van der Waals surface area contributed by atoms with Gasteiger partial charge in [0.25, 0.3) is 0 Å². The molecule has 0 aliphatic heterocycles. The summed E-state index contributed by atoms with van der Waals surface area (Å²) in [6.07, 6.45) is 6.42. The molecule has 2 heterocycles. The van der Waals surface area contributed by atoms with Crippen LogP contribution >= 0.6 is 0 Å². The summed E-state index contributed by atoms with van der Waals surface area (Å²) < 4.78 is 0. The molecule has 0 radical (unpaired) electrons.